The number of aliphatic hydroxyl groups excluding tert-OH is 1. The van der Waals surface area contributed by atoms with E-state index in [9.17, 15) is 19.8 Å². The lowest BCUT2D eigenvalue weighted by atomic mass is 9.94. The van der Waals surface area contributed by atoms with Crippen molar-refractivity contribution in [3.8, 4) is 17.2 Å². The molecule has 0 aliphatic carbocycles. The fourth-order valence-electron chi connectivity index (χ4n) is 4.06. The third-order valence-corrected chi connectivity index (χ3v) is 5.73. The van der Waals surface area contributed by atoms with E-state index < -0.39 is 17.7 Å². The second-order valence-corrected chi connectivity index (χ2v) is 8.27. The number of carbonyl (C=O) groups is 2. The summed E-state index contributed by atoms with van der Waals surface area (Å²) in [7, 11) is 6.84. The molecule has 1 saturated heterocycles. The Bertz CT molecular complexity index is 1090. The van der Waals surface area contributed by atoms with Crippen LogP contribution in [-0.4, -0.2) is 73.1 Å². The van der Waals surface area contributed by atoms with Crippen LogP contribution in [0.5, 0.6) is 17.2 Å². The van der Waals surface area contributed by atoms with Gasteiger partial charge in [0.1, 0.15) is 11.5 Å². The first-order valence-corrected chi connectivity index (χ1v) is 10.6. The topological polar surface area (TPSA) is 99.5 Å². The number of carbonyl (C=O) groups excluding carboxylic acids is 2. The number of aliphatic hydroxyl groups is 1. The summed E-state index contributed by atoms with van der Waals surface area (Å²) in [6.07, 6.45) is 0.646. The Morgan fingerprint density at radius 3 is 2.36 bits per heavy atom. The number of likely N-dealkylation sites (tertiary alicyclic amines) is 1. The molecule has 8 nitrogen and oxygen atoms in total. The number of phenols is 1. The maximum absolute atomic E-state index is 13.1. The molecule has 1 amide bonds. The summed E-state index contributed by atoms with van der Waals surface area (Å²) in [6.45, 7) is 2.89. The maximum Gasteiger partial charge on any atom is 0.295 e. The van der Waals surface area contributed by atoms with Gasteiger partial charge in [0.25, 0.3) is 11.7 Å². The molecule has 0 spiro atoms. The monoisotopic (exact) mass is 454 g/mol. The molecule has 0 bridgehead atoms. The molecule has 1 unspecified atom stereocenters. The van der Waals surface area contributed by atoms with Gasteiger partial charge in [-0.1, -0.05) is 6.07 Å². The number of aryl methyl sites for hydroxylation is 1. The number of hydrogen-bond acceptors (Lipinski definition) is 7. The predicted octanol–water partition coefficient (Wildman–Crippen LogP) is 3.09. The smallest absolute Gasteiger partial charge is 0.295 e. The third kappa shape index (κ3) is 4.80. The van der Waals surface area contributed by atoms with E-state index in [0.29, 0.717) is 29.8 Å². The van der Waals surface area contributed by atoms with Crippen molar-refractivity contribution in [3.05, 3.63) is 58.7 Å². The summed E-state index contributed by atoms with van der Waals surface area (Å²) in [5, 5.41) is 21.2. The highest BCUT2D eigenvalue weighted by atomic mass is 16.5. The number of phenolic OH excluding ortho intramolecular Hbond substituents is 1. The van der Waals surface area contributed by atoms with Gasteiger partial charge in [0.15, 0.2) is 11.5 Å². The van der Waals surface area contributed by atoms with E-state index in [1.165, 1.54) is 18.1 Å². The normalized spacial score (nSPS) is 17.6. The van der Waals surface area contributed by atoms with Crippen molar-refractivity contribution in [3.63, 3.8) is 0 Å². The minimum Gasteiger partial charge on any atom is -0.507 e. The highest BCUT2D eigenvalue weighted by Gasteiger charge is 2.46. The maximum atomic E-state index is 13.1. The summed E-state index contributed by atoms with van der Waals surface area (Å²) in [5.74, 6) is -0.870. The Hall–Kier alpha value is -3.52. The highest BCUT2D eigenvalue weighted by Crippen LogP contribution is 2.42. The minimum absolute atomic E-state index is 0.00200. The van der Waals surface area contributed by atoms with Crippen molar-refractivity contribution in [2.24, 2.45) is 0 Å². The SMILES string of the molecule is COc1ccc(/C(O)=C2\C(=O)C(=O)N(CCCN(C)C)C2c2ccc(O)c(OC)c2)cc1C. The summed E-state index contributed by atoms with van der Waals surface area (Å²) < 4.78 is 10.5. The standard InChI is InChI=1S/C25H30N2O6/c1-15-13-17(8-10-19(15)32-4)23(29)21-22(16-7-9-18(28)20(14-16)33-5)27(25(31)24(21)30)12-6-11-26(2)3/h7-10,13-14,22,28-29H,6,11-12H2,1-5H3/b23-21+. The van der Waals surface area contributed by atoms with Crippen molar-refractivity contribution in [2.75, 3.05) is 41.4 Å². The zero-order valence-electron chi connectivity index (χ0n) is 19.6. The summed E-state index contributed by atoms with van der Waals surface area (Å²) >= 11 is 0. The van der Waals surface area contributed by atoms with Crippen molar-refractivity contribution < 1.29 is 29.3 Å². The second kappa shape index (κ2) is 9.95. The van der Waals surface area contributed by atoms with E-state index in [-0.39, 0.29) is 22.8 Å². The van der Waals surface area contributed by atoms with E-state index in [1.807, 2.05) is 25.9 Å². The van der Waals surface area contributed by atoms with E-state index in [0.717, 1.165) is 12.1 Å². The van der Waals surface area contributed by atoms with Crippen LogP contribution in [0.2, 0.25) is 0 Å². The van der Waals surface area contributed by atoms with Gasteiger partial charge < -0.3 is 29.5 Å². The summed E-state index contributed by atoms with van der Waals surface area (Å²) in [5.41, 5.74) is 1.75. The van der Waals surface area contributed by atoms with Gasteiger partial charge in [-0.05, 0) is 75.4 Å². The molecule has 2 aromatic rings. The quantitative estimate of drug-likeness (QED) is 0.359. The molecule has 3 rings (SSSR count). The average molecular weight is 455 g/mol. The largest absolute Gasteiger partial charge is 0.507 e. The van der Waals surface area contributed by atoms with Gasteiger partial charge in [-0.15, -0.1) is 0 Å². The lowest BCUT2D eigenvalue weighted by Crippen LogP contribution is -2.32. The molecular formula is C25H30N2O6. The molecule has 2 aromatic carbocycles. The Labute approximate surface area is 193 Å². The van der Waals surface area contributed by atoms with Crippen LogP contribution in [0.3, 0.4) is 0 Å². The number of Topliss-reactive ketones (excluding diaryl/α,β-unsaturated/α-hetero) is 1. The van der Waals surface area contributed by atoms with E-state index in [2.05, 4.69) is 0 Å². The molecule has 8 heteroatoms. The summed E-state index contributed by atoms with van der Waals surface area (Å²) in [6, 6.07) is 8.90. The Morgan fingerprint density at radius 2 is 1.76 bits per heavy atom. The molecule has 1 fully saturated rings. The van der Waals surface area contributed by atoms with E-state index in [4.69, 9.17) is 9.47 Å². The first-order chi connectivity index (χ1) is 15.7. The third-order valence-electron chi connectivity index (χ3n) is 5.73. The zero-order chi connectivity index (χ0) is 24.3. The van der Waals surface area contributed by atoms with Crippen LogP contribution < -0.4 is 9.47 Å². The molecule has 176 valence electrons. The van der Waals surface area contributed by atoms with Crippen molar-refractivity contribution in [2.45, 2.75) is 19.4 Å². The predicted molar refractivity (Wildman–Crippen MR) is 125 cm³/mol. The molecule has 0 saturated carbocycles. The van der Waals surface area contributed by atoms with Crippen LogP contribution in [0.4, 0.5) is 0 Å². The average Bonchev–Trinajstić information content (AvgIpc) is 3.03. The first-order valence-electron chi connectivity index (χ1n) is 10.6. The molecule has 1 atom stereocenters. The first kappa shape index (κ1) is 24.1. The Kier molecular flexibility index (Phi) is 7.28. The number of rotatable bonds is 8. The zero-order valence-corrected chi connectivity index (χ0v) is 19.6. The van der Waals surface area contributed by atoms with Gasteiger partial charge in [-0.3, -0.25) is 9.59 Å². The van der Waals surface area contributed by atoms with Crippen LogP contribution in [-0.2, 0) is 9.59 Å². The number of nitrogens with zero attached hydrogens (tertiary/aromatic N) is 2. The van der Waals surface area contributed by atoms with Gasteiger partial charge in [-0.25, -0.2) is 0 Å². The fourth-order valence-corrected chi connectivity index (χ4v) is 4.06. The van der Waals surface area contributed by atoms with Crippen molar-refractivity contribution in [1.82, 2.24) is 9.80 Å². The minimum atomic E-state index is -0.816. The van der Waals surface area contributed by atoms with Gasteiger partial charge in [0.05, 0.1) is 25.8 Å². The van der Waals surface area contributed by atoms with Crippen LogP contribution in [0.15, 0.2) is 42.0 Å². The number of ketones is 1. The lowest BCUT2D eigenvalue weighted by molar-refractivity contribution is -0.139. The van der Waals surface area contributed by atoms with Crippen LogP contribution in [0.25, 0.3) is 5.76 Å². The second-order valence-electron chi connectivity index (χ2n) is 8.27. The molecular weight excluding hydrogens is 424 g/mol. The molecule has 1 aliphatic rings. The highest BCUT2D eigenvalue weighted by molar-refractivity contribution is 6.46. The van der Waals surface area contributed by atoms with Gasteiger partial charge >= 0.3 is 0 Å². The van der Waals surface area contributed by atoms with Crippen LogP contribution in [0, 0.1) is 6.92 Å². The molecule has 2 N–H and O–H groups in total. The van der Waals surface area contributed by atoms with Crippen molar-refractivity contribution in [1.29, 1.82) is 0 Å². The number of methoxy groups -OCH3 is 2. The van der Waals surface area contributed by atoms with E-state index in [1.54, 1.807) is 37.4 Å². The Morgan fingerprint density at radius 1 is 1.06 bits per heavy atom. The molecule has 0 radical (unpaired) electrons. The fraction of sp³-hybridized carbons (Fsp3) is 0.360. The number of aromatic hydroxyl groups is 1. The number of ether oxygens (including phenoxy) is 2. The molecule has 0 aromatic heterocycles. The van der Waals surface area contributed by atoms with Crippen LogP contribution in [0.1, 0.15) is 29.2 Å². The number of hydrogen-bond donors (Lipinski definition) is 2. The Balaban J connectivity index is 2.15. The van der Waals surface area contributed by atoms with E-state index >= 15 is 0 Å². The number of amides is 1. The van der Waals surface area contributed by atoms with Gasteiger partial charge in [-0.2, -0.15) is 0 Å². The number of benzene rings is 2. The van der Waals surface area contributed by atoms with Gasteiger partial charge in [0, 0.05) is 12.1 Å². The summed E-state index contributed by atoms with van der Waals surface area (Å²) in [4.78, 5) is 29.6. The molecule has 1 aliphatic heterocycles. The molecule has 1 heterocycles. The van der Waals surface area contributed by atoms with Crippen LogP contribution >= 0.6 is 0 Å². The van der Waals surface area contributed by atoms with Crippen molar-refractivity contribution >= 4 is 17.4 Å². The lowest BCUT2D eigenvalue weighted by Gasteiger charge is -2.26. The molecule has 33 heavy (non-hydrogen) atoms. The van der Waals surface area contributed by atoms with Gasteiger partial charge in [0.2, 0.25) is 0 Å².